The minimum absolute atomic E-state index is 0.000270. The van der Waals surface area contributed by atoms with Crippen LogP contribution < -0.4 is 0 Å². The Hall–Kier alpha value is -2.60. The van der Waals surface area contributed by atoms with E-state index in [9.17, 15) is 24.9 Å². The van der Waals surface area contributed by atoms with Crippen LogP contribution in [0.5, 0.6) is 0 Å². The molecule has 0 saturated carbocycles. The lowest BCUT2D eigenvalue weighted by molar-refractivity contribution is -0.363. The zero-order valence-electron chi connectivity index (χ0n) is 30.1. The summed E-state index contributed by atoms with van der Waals surface area (Å²) in [5.74, 6) is -3.47. The van der Waals surface area contributed by atoms with E-state index in [1.807, 2.05) is 52.8 Å². The summed E-state index contributed by atoms with van der Waals surface area (Å²) in [5, 5.41) is 35.3. The van der Waals surface area contributed by atoms with Crippen molar-refractivity contribution in [2.45, 2.75) is 135 Å². The molecule has 0 radical (unpaired) electrons. The van der Waals surface area contributed by atoms with Crippen LogP contribution in [0.4, 0.5) is 0 Å². The molecule has 4 heterocycles. The molecule has 11 atom stereocenters. The summed E-state index contributed by atoms with van der Waals surface area (Å²) in [5.41, 5.74) is 1.01. The number of hydrogen-bond donors (Lipinski definition) is 3. The van der Waals surface area contributed by atoms with Gasteiger partial charge in [0.2, 0.25) is 0 Å². The summed E-state index contributed by atoms with van der Waals surface area (Å²) in [6.45, 7) is 13.8. The minimum atomic E-state index is -1.91. The number of fused-ring (bicyclic) bond motifs is 2. The molecule has 10 nitrogen and oxygen atoms in total. The fourth-order valence-corrected chi connectivity index (χ4v) is 8.03. The molecule has 3 N–H and O–H groups in total. The van der Waals surface area contributed by atoms with E-state index >= 15 is 0 Å². The first-order chi connectivity index (χ1) is 23.2. The second kappa shape index (κ2) is 15.3. The smallest absolute Gasteiger partial charge is 0.316 e. The molecule has 2 bridgehead atoms. The van der Waals surface area contributed by atoms with Crippen LogP contribution in [0.3, 0.4) is 0 Å². The van der Waals surface area contributed by atoms with Gasteiger partial charge in [-0.25, -0.2) is 0 Å². The van der Waals surface area contributed by atoms with Crippen molar-refractivity contribution in [1.29, 1.82) is 0 Å². The highest BCUT2D eigenvalue weighted by Crippen LogP contribution is 2.48. The number of ether oxygens (including phenoxy) is 5. The summed E-state index contributed by atoms with van der Waals surface area (Å²) in [6, 6.07) is 0. The van der Waals surface area contributed by atoms with E-state index < -0.39 is 59.8 Å². The molecule has 1 aliphatic carbocycles. The lowest BCUT2D eigenvalue weighted by Gasteiger charge is -2.52. The van der Waals surface area contributed by atoms with Crippen molar-refractivity contribution in [1.82, 2.24) is 0 Å². The topological polar surface area (TPSA) is 141 Å². The van der Waals surface area contributed by atoms with Gasteiger partial charge in [0.25, 0.3) is 0 Å². The Bertz CT molecular complexity index is 1390. The van der Waals surface area contributed by atoms with Crippen molar-refractivity contribution in [3.05, 3.63) is 58.7 Å². The number of carbonyl (C=O) groups is 2. The second-order valence-electron chi connectivity index (χ2n) is 15.4. The van der Waals surface area contributed by atoms with Gasteiger partial charge in [-0.3, -0.25) is 9.59 Å². The molecule has 0 aromatic heterocycles. The summed E-state index contributed by atoms with van der Waals surface area (Å²) >= 11 is 0. The molecule has 5 rings (SSSR count). The number of aliphatic hydroxyl groups excluding tert-OH is 2. The van der Waals surface area contributed by atoms with Gasteiger partial charge in [-0.15, -0.1) is 0 Å². The molecule has 5 aliphatic rings. The van der Waals surface area contributed by atoms with Crippen LogP contribution in [0.15, 0.2) is 58.7 Å². The first-order valence-electron chi connectivity index (χ1n) is 18.0. The Morgan fingerprint density at radius 1 is 1.16 bits per heavy atom. The second-order valence-corrected chi connectivity index (χ2v) is 15.4. The molecule has 0 aromatic rings. The highest BCUT2D eigenvalue weighted by molar-refractivity contribution is 5.79. The van der Waals surface area contributed by atoms with Crippen LogP contribution in [0.1, 0.15) is 87.0 Å². The summed E-state index contributed by atoms with van der Waals surface area (Å²) in [7, 11) is 0. The third-order valence-electron chi connectivity index (χ3n) is 10.8. The monoisotopic (exact) mass is 684 g/mol. The van der Waals surface area contributed by atoms with E-state index in [1.54, 1.807) is 6.08 Å². The standard InChI is InChI=1S/C39H56O10/c1-8-25(6)35-26(7)16-32(40)38(49-35)19-30-18-29(48-38)13-12-24(5)15-23(4)10-9-11-28-21-46-36-34(42)27(20-45-33(41)14-22(2)3)17-31(37(43)47-30)39(28,36)44/h8-12,17,22-23,26,29-32,34-36,40,42,44H,13-16,18-21H2,1-7H3/b10-9+,24-12+,25-8+,28-11+/t23-,26?,29+,30?,31-,32+,34+,35+,36?,38-,39+/m0/s1. The van der Waals surface area contributed by atoms with E-state index in [0.717, 1.165) is 12.0 Å². The summed E-state index contributed by atoms with van der Waals surface area (Å²) < 4.78 is 31.0. The van der Waals surface area contributed by atoms with Crippen molar-refractivity contribution in [3.63, 3.8) is 0 Å². The Kier molecular flexibility index (Phi) is 11.8. The predicted molar refractivity (Wildman–Crippen MR) is 183 cm³/mol. The first kappa shape index (κ1) is 37.7. The average Bonchev–Trinajstić information content (AvgIpc) is 3.37. The van der Waals surface area contributed by atoms with Crippen LogP contribution in [-0.4, -0.2) is 88.5 Å². The zero-order chi connectivity index (χ0) is 35.7. The Morgan fingerprint density at radius 3 is 2.63 bits per heavy atom. The number of rotatable bonds is 5. The van der Waals surface area contributed by atoms with Crippen molar-refractivity contribution < 1.29 is 48.6 Å². The quantitative estimate of drug-likeness (QED) is 0.267. The lowest BCUT2D eigenvalue weighted by atomic mass is 9.70. The van der Waals surface area contributed by atoms with Gasteiger partial charge in [0.15, 0.2) is 5.79 Å². The van der Waals surface area contributed by atoms with E-state index in [4.69, 9.17) is 23.7 Å². The van der Waals surface area contributed by atoms with Gasteiger partial charge in [-0.2, -0.15) is 0 Å². The van der Waals surface area contributed by atoms with E-state index in [2.05, 4.69) is 19.9 Å². The molecule has 3 unspecified atom stereocenters. The lowest BCUT2D eigenvalue weighted by Crippen LogP contribution is -2.62. The van der Waals surface area contributed by atoms with E-state index in [0.29, 0.717) is 24.8 Å². The highest BCUT2D eigenvalue weighted by atomic mass is 16.7. The zero-order valence-corrected chi connectivity index (χ0v) is 30.1. The molecular formula is C39H56O10. The molecule has 49 heavy (non-hydrogen) atoms. The molecule has 4 aliphatic heterocycles. The summed E-state index contributed by atoms with van der Waals surface area (Å²) in [4.78, 5) is 26.8. The van der Waals surface area contributed by atoms with Crippen LogP contribution in [0.25, 0.3) is 0 Å². The molecule has 0 amide bonds. The van der Waals surface area contributed by atoms with Crippen molar-refractivity contribution in [2.24, 2.45) is 23.7 Å². The fourth-order valence-electron chi connectivity index (χ4n) is 8.03. The number of allylic oxidation sites excluding steroid dienone is 5. The Balaban J connectivity index is 1.53. The maximum absolute atomic E-state index is 14.3. The van der Waals surface area contributed by atoms with E-state index in [1.165, 1.54) is 11.6 Å². The molecule has 3 fully saturated rings. The predicted octanol–water partition coefficient (Wildman–Crippen LogP) is 5.02. The van der Waals surface area contributed by atoms with Gasteiger partial charge < -0.3 is 39.0 Å². The van der Waals surface area contributed by atoms with Gasteiger partial charge in [0, 0.05) is 19.3 Å². The first-order valence-corrected chi connectivity index (χ1v) is 18.0. The Labute approximate surface area is 290 Å². The minimum Gasteiger partial charge on any atom is -0.462 e. The molecule has 10 heteroatoms. The van der Waals surface area contributed by atoms with Crippen LogP contribution in [0, 0.1) is 23.7 Å². The number of hydrogen-bond acceptors (Lipinski definition) is 10. The molecule has 272 valence electrons. The van der Waals surface area contributed by atoms with Crippen LogP contribution in [-0.2, 0) is 33.3 Å². The number of aliphatic hydroxyl groups is 3. The van der Waals surface area contributed by atoms with E-state index in [-0.39, 0.29) is 55.5 Å². The van der Waals surface area contributed by atoms with Crippen molar-refractivity contribution in [2.75, 3.05) is 13.2 Å². The third kappa shape index (κ3) is 8.00. The number of carbonyl (C=O) groups excluding carboxylic acids is 2. The maximum atomic E-state index is 14.3. The van der Waals surface area contributed by atoms with Crippen molar-refractivity contribution in [3.8, 4) is 0 Å². The fraction of sp³-hybridized carbons (Fsp3) is 0.692. The molecule has 1 spiro atoms. The largest absolute Gasteiger partial charge is 0.462 e. The summed E-state index contributed by atoms with van der Waals surface area (Å²) in [6.07, 6.45) is 8.93. The van der Waals surface area contributed by atoms with Gasteiger partial charge in [0.05, 0.1) is 18.8 Å². The average molecular weight is 685 g/mol. The van der Waals surface area contributed by atoms with Gasteiger partial charge in [-0.1, -0.05) is 69.7 Å². The SMILES string of the molecule is C/C=C(\C)[C@H]1O[C@@]2(CC3C[C@@H](C/C=C(\C)C[C@@H](C)/C=C/C=C4\COC5[C@H](O)C(COC(=O)CC(C)C)=C[C@@H](C(=O)O3)[C@]45O)O2)[C@H](O)CC1C. The van der Waals surface area contributed by atoms with Crippen LogP contribution >= 0.6 is 0 Å². The van der Waals surface area contributed by atoms with Gasteiger partial charge in [-0.05, 0) is 74.5 Å². The highest BCUT2D eigenvalue weighted by Gasteiger charge is 2.61. The maximum Gasteiger partial charge on any atom is 0.316 e. The third-order valence-corrected chi connectivity index (χ3v) is 10.8. The van der Waals surface area contributed by atoms with Gasteiger partial charge in [0.1, 0.15) is 42.5 Å². The normalized spacial score (nSPS) is 43.1. The molecule has 3 saturated heterocycles. The van der Waals surface area contributed by atoms with Crippen molar-refractivity contribution >= 4 is 11.9 Å². The molecular weight excluding hydrogens is 628 g/mol. The number of esters is 2. The van der Waals surface area contributed by atoms with Crippen LogP contribution in [0.2, 0.25) is 0 Å². The van der Waals surface area contributed by atoms with Gasteiger partial charge >= 0.3 is 11.9 Å². The molecule has 0 aromatic carbocycles. The Morgan fingerprint density at radius 2 is 1.92 bits per heavy atom.